The molecule has 126 valence electrons. The van der Waals surface area contributed by atoms with Crippen molar-refractivity contribution in [2.45, 2.75) is 30.2 Å². The van der Waals surface area contributed by atoms with Gasteiger partial charge in [0.1, 0.15) is 4.90 Å². The smallest absolute Gasteiger partial charge is 0.245 e. The highest BCUT2D eigenvalue weighted by atomic mass is 32.2. The molecule has 1 aromatic carbocycles. The van der Waals surface area contributed by atoms with Gasteiger partial charge in [0.25, 0.3) is 0 Å². The summed E-state index contributed by atoms with van der Waals surface area (Å²) in [5.41, 5.74) is 0.496. The normalized spacial score (nSPS) is 25.2. The van der Waals surface area contributed by atoms with E-state index in [2.05, 4.69) is 10.3 Å². The van der Waals surface area contributed by atoms with Crippen molar-refractivity contribution >= 4 is 26.8 Å². The first-order chi connectivity index (χ1) is 11.6. The van der Waals surface area contributed by atoms with Crippen LogP contribution in [0.1, 0.15) is 19.3 Å². The highest BCUT2D eigenvalue weighted by Gasteiger charge is 2.41. The standard InChI is InChI=1S/C17H19N3O3S/c21-16-8-2-5-13-10-20(11-14(13)19-16)24(22,23)15-7-1-4-12-6-3-9-18-17(12)15/h1,3-4,6-7,9,13-14H,2,5,8,10-11H2,(H,19,21)/t13-,14+/m1/s1. The number of amides is 1. The maximum Gasteiger partial charge on any atom is 0.245 e. The summed E-state index contributed by atoms with van der Waals surface area (Å²) in [4.78, 5) is 16.2. The van der Waals surface area contributed by atoms with Crippen molar-refractivity contribution < 1.29 is 13.2 Å². The fraction of sp³-hybridized carbons (Fsp3) is 0.412. The minimum Gasteiger partial charge on any atom is -0.352 e. The molecule has 0 unspecified atom stereocenters. The maximum absolute atomic E-state index is 13.1. The Morgan fingerprint density at radius 1 is 1.17 bits per heavy atom. The third-order valence-corrected chi connectivity index (χ3v) is 6.81. The number of nitrogens with zero attached hydrogens (tertiary/aromatic N) is 2. The number of carbonyl (C=O) groups is 1. The quantitative estimate of drug-likeness (QED) is 0.895. The van der Waals surface area contributed by atoms with Crippen LogP contribution in [-0.4, -0.2) is 42.7 Å². The molecule has 2 saturated heterocycles. The monoisotopic (exact) mass is 345 g/mol. The molecule has 0 aliphatic carbocycles. The van der Waals surface area contributed by atoms with Gasteiger partial charge in [-0.05, 0) is 30.9 Å². The molecule has 0 spiro atoms. The predicted octanol–water partition coefficient (Wildman–Crippen LogP) is 1.52. The van der Waals surface area contributed by atoms with Crippen LogP contribution in [0.5, 0.6) is 0 Å². The topological polar surface area (TPSA) is 79.4 Å². The Bertz CT molecular complexity index is 892. The van der Waals surface area contributed by atoms with Crippen LogP contribution < -0.4 is 5.32 Å². The Morgan fingerprint density at radius 3 is 2.88 bits per heavy atom. The lowest BCUT2D eigenvalue weighted by Crippen LogP contribution is -2.39. The fourth-order valence-electron chi connectivity index (χ4n) is 3.71. The lowest BCUT2D eigenvalue weighted by Gasteiger charge is -2.18. The van der Waals surface area contributed by atoms with Crippen LogP contribution >= 0.6 is 0 Å². The number of fused-ring (bicyclic) bond motifs is 2. The van der Waals surface area contributed by atoms with E-state index in [1.807, 2.05) is 12.1 Å². The van der Waals surface area contributed by atoms with Gasteiger partial charge in [0.15, 0.2) is 0 Å². The minimum absolute atomic E-state index is 0.0218. The van der Waals surface area contributed by atoms with E-state index in [-0.39, 0.29) is 22.8 Å². The molecule has 2 atom stereocenters. The van der Waals surface area contributed by atoms with Gasteiger partial charge in [0.2, 0.25) is 15.9 Å². The molecule has 0 saturated carbocycles. The average molecular weight is 345 g/mol. The first-order valence-electron chi connectivity index (χ1n) is 8.19. The SMILES string of the molecule is O=C1CCC[C@@H]2CN(S(=O)(=O)c3cccc4cccnc34)C[C@@H]2N1. The molecular formula is C17H19N3O3S. The van der Waals surface area contributed by atoms with E-state index >= 15 is 0 Å². The molecule has 2 aromatic rings. The van der Waals surface area contributed by atoms with Crippen LogP contribution in [0.15, 0.2) is 41.4 Å². The van der Waals surface area contributed by atoms with E-state index in [0.717, 1.165) is 18.2 Å². The van der Waals surface area contributed by atoms with Crippen molar-refractivity contribution in [2.75, 3.05) is 13.1 Å². The summed E-state index contributed by atoms with van der Waals surface area (Å²) in [5, 5.41) is 3.78. The lowest BCUT2D eigenvalue weighted by molar-refractivity contribution is -0.121. The molecule has 1 aromatic heterocycles. The largest absolute Gasteiger partial charge is 0.352 e. The summed E-state index contributed by atoms with van der Waals surface area (Å²) in [7, 11) is -3.63. The molecular weight excluding hydrogens is 326 g/mol. The third kappa shape index (κ3) is 2.57. The number of benzene rings is 1. The summed E-state index contributed by atoms with van der Waals surface area (Å²) < 4.78 is 27.8. The summed E-state index contributed by atoms with van der Waals surface area (Å²) in [6.07, 6.45) is 3.84. The Labute approximate surface area is 140 Å². The predicted molar refractivity (Wildman–Crippen MR) is 89.8 cm³/mol. The fourth-order valence-corrected chi connectivity index (χ4v) is 5.40. The second kappa shape index (κ2) is 5.82. The number of hydrogen-bond acceptors (Lipinski definition) is 4. The zero-order chi connectivity index (χ0) is 16.7. The first kappa shape index (κ1) is 15.5. The molecule has 4 rings (SSSR count). The van der Waals surface area contributed by atoms with Gasteiger partial charge in [-0.3, -0.25) is 9.78 Å². The minimum atomic E-state index is -3.63. The van der Waals surface area contributed by atoms with E-state index < -0.39 is 10.0 Å². The van der Waals surface area contributed by atoms with Crippen molar-refractivity contribution in [2.24, 2.45) is 5.92 Å². The van der Waals surface area contributed by atoms with Gasteiger partial charge >= 0.3 is 0 Å². The molecule has 2 aliphatic heterocycles. The third-order valence-electron chi connectivity index (χ3n) is 4.95. The zero-order valence-electron chi connectivity index (χ0n) is 13.2. The molecule has 1 amide bonds. The Morgan fingerprint density at radius 2 is 2.00 bits per heavy atom. The van der Waals surface area contributed by atoms with Crippen molar-refractivity contribution in [3.63, 3.8) is 0 Å². The van der Waals surface area contributed by atoms with Crippen LogP contribution in [0.4, 0.5) is 0 Å². The van der Waals surface area contributed by atoms with E-state index in [9.17, 15) is 13.2 Å². The highest BCUT2D eigenvalue weighted by molar-refractivity contribution is 7.89. The van der Waals surface area contributed by atoms with Crippen LogP contribution in [0.2, 0.25) is 0 Å². The molecule has 1 N–H and O–H groups in total. The van der Waals surface area contributed by atoms with E-state index in [0.29, 0.717) is 25.0 Å². The molecule has 24 heavy (non-hydrogen) atoms. The molecule has 2 fully saturated rings. The summed E-state index contributed by atoms with van der Waals surface area (Å²) >= 11 is 0. The summed E-state index contributed by atoms with van der Waals surface area (Å²) in [6.45, 7) is 0.790. The number of nitrogens with one attached hydrogen (secondary N) is 1. The second-order valence-electron chi connectivity index (χ2n) is 6.48. The Kier molecular flexibility index (Phi) is 3.77. The molecule has 7 heteroatoms. The van der Waals surface area contributed by atoms with Crippen molar-refractivity contribution in [3.05, 3.63) is 36.5 Å². The number of sulfonamides is 1. The highest BCUT2D eigenvalue weighted by Crippen LogP contribution is 2.31. The van der Waals surface area contributed by atoms with Crippen molar-refractivity contribution in [1.29, 1.82) is 0 Å². The van der Waals surface area contributed by atoms with Crippen LogP contribution in [0.3, 0.4) is 0 Å². The second-order valence-corrected chi connectivity index (χ2v) is 8.39. The number of pyridine rings is 1. The first-order valence-corrected chi connectivity index (χ1v) is 9.63. The van der Waals surface area contributed by atoms with Gasteiger partial charge in [-0.1, -0.05) is 18.2 Å². The lowest BCUT2D eigenvalue weighted by atomic mass is 9.99. The van der Waals surface area contributed by atoms with Gasteiger partial charge < -0.3 is 5.32 Å². The van der Waals surface area contributed by atoms with Crippen molar-refractivity contribution in [3.8, 4) is 0 Å². The zero-order valence-corrected chi connectivity index (χ0v) is 14.0. The van der Waals surface area contributed by atoms with Gasteiger partial charge in [-0.2, -0.15) is 4.31 Å². The van der Waals surface area contributed by atoms with Crippen LogP contribution in [0, 0.1) is 5.92 Å². The molecule has 2 aliphatic rings. The Balaban J connectivity index is 1.69. The van der Waals surface area contributed by atoms with E-state index in [4.69, 9.17) is 0 Å². The van der Waals surface area contributed by atoms with E-state index in [1.54, 1.807) is 24.4 Å². The van der Waals surface area contributed by atoms with Crippen LogP contribution in [-0.2, 0) is 14.8 Å². The average Bonchev–Trinajstić information content (AvgIpc) is 2.89. The number of hydrogen-bond donors (Lipinski definition) is 1. The van der Waals surface area contributed by atoms with Crippen molar-refractivity contribution in [1.82, 2.24) is 14.6 Å². The van der Waals surface area contributed by atoms with Gasteiger partial charge in [-0.15, -0.1) is 0 Å². The van der Waals surface area contributed by atoms with Gasteiger partial charge in [0.05, 0.1) is 5.52 Å². The van der Waals surface area contributed by atoms with Gasteiger partial charge in [-0.25, -0.2) is 8.42 Å². The number of carbonyl (C=O) groups excluding carboxylic acids is 1. The van der Waals surface area contributed by atoms with Crippen LogP contribution in [0.25, 0.3) is 10.9 Å². The number of rotatable bonds is 2. The van der Waals surface area contributed by atoms with Gasteiger partial charge in [0, 0.05) is 37.1 Å². The number of para-hydroxylation sites is 1. The molecule has 6 nitrogen and oxygen atoms in total. The van der Waals surface area contributed by atoms with E-state index in [1.165, 1.54) is 4.31 Å². The molecule has 0 radical (unpaired) electrons. The molecule has 3 heterocycles. The summed E-state index contributed by atoms with van der Waals surface area (Å²) in [5.74, 6) is 0.211. The summed E-state index contributed by atoms with van der Waals surface area (Å²) in [6, 6.07) is 8.77. The maximum atomic E-state index is 13.1. The number of aromatic nitrogens is 1. The Hall–Kier alpha value is -1.99. The molecule has 0 bridgehead atoms.